The van der Waals surface area contributed by atoms with Crippen LogP contribution in [0.25, 0.3) is 0 Å². The Morgan fingerprint density at radius 3 is 2.80 bits per heavy atom. The molecule has 0 aliphatic heterocycles. The first-order valence-corrected chi connectivity index (χ1v) is 4.67. The minimum atomic E-state index is -0.528. The Labute approximate surface area is 90.6 Å². The molecule has 1 aromatic carbocycles. The normalized spacial score (nSPS) is 12.7. The van der Waals surface area contributed by atoms with Gasteiger partial charge in [0.05, 0.1) is 17.3 Å². The molecule has 0 spiro atoms. The highest BCUT2D eigenvalue weighted by Crippen LogP contribution is 2.23. The van der Waals surface area contributed by atoms with Gasteiger partial charge in [0.25, 0.3) is 0 Å². The highest BCUT2D eigenvalue weighted by Gasteiger charge is 2.13. The maximum atomic E-state index is 13.1. The van der Waals surface area contributed by atoms with E-state index in [-0.39, 0.29) is 5.02 Å². The van der Waals surface area contributed by atoms with E-state index in [9.17, 15) is 4.39 Å². The highest BCUT2D eigenvalue weighted by molar-refractivity contribution is 6.30. The fourth-order valence-corrected chi connectivity index (χ4v) is 1.37. The van der Waals surface area contributed by atoms with Crippen LogP contribution < -0.4 is 5.73 Å². The monoisotopic (exact) mass is 226 g/mol. The number of aromatic nitrogens is 1. The van der Waals surface area contributed by atoms with Gasteiger partial charge >= 0.3 is 0 Å². The van der Waals surface area contributed by atoms with Gasteiger partial charge in [-0.05, 0) is 17.7 Å². The minimum absolute atomic E-state index is 0.0727. The average Bonchev–Trinajstić information content (AvgIpc) is 2.74. The van der Waals surface area contributed by atoms with E-state index >= 15 is 0 Å². The topological polar surface area (TPSA) is 52.0 Å². The molecule has 0 radical (unpaired) electrons. The predicted molar refractivity (Wildman–Crippen MR) is 53.9 cm³/mol. The van der Waals surface area contributed by atoms with Gasteiger partial charge in [-0.3, -0.25) is 0 Å². The van der Waals surface area contributed by atoms with Crippen LogP contribution in [-0.4, -0.2) is 5.16 Å². The molecule has 2 rings (SSSR count). The first-order chi connectivity index (χ1) is 7.18. The lowest BCUT2D eigenvalue weighted by Crippen LogP contribution is -2.11. The molecule has 5 heteroatoms. The van der Waals surface area contributed by atoms with Gasteiger partial charge in [0.1, 0.15) is 5.82 Å². The van der Waals surface area contributed by atoms with Crippen LogP contribution >= 0.6 is 11.6 Å². The smallest absolute Gasteiger partial charge is 0.157 e. The van der Waals surface area contributed by atoms with E-state index in [1.165, 1.54) is 18.3 Å². The maximum Gasteiger partial charge on any atom is 0.157 e. The quantitative estimate of drug-likeness (QED) is 0.856. The number of rotatable bonds is 2. The summed E-state index contributed by atoms with van der Waals surface area (Å²) in [5, 5.41) is 3.61. The van der Waals surface area contributed by atoms with Crippen molar-refractivity contribution < 1.29 is 8.91 Å². The van der Waals surface area contributed by atoms with Crippen molar-refractivity contribution in [1.29, 1.82) is 0 Å². The SMILES string of the molecule is NC(c1ccc(Cl)c(F)c1)c1ccno1. The van der Waals surface area contributed by atoms with Crippen molar-refractivity contribution in [3.63, 3.8) is 0 Å². The average molecular weight is 227 g/mol. The Kier molecular flexibility index (Phi) is 2.70. The Bertz CT molecular complexity index is 458. The summed E-state index contributed by atoms with van der Waals surface area (Å²) in [6, 6.07) is 5.51. The van der Waals surface area contributed by atoms with Crippen molar-refractivity contribution in [3.8, 4) is 0 Å². The van der Waals surface area contributed by atoms with Crippen LogP contribution in [0.5, 0.6) is 0 Å². The second-order valence-corrected chi connectivity index (χ2v) is 3.47. The summed E-state index contributed by atoms with van der Waals surface area (Å²) >= 11 is 5.56. The van der Waals surface area contributed by atoms with Crippen LogP contribution in [0, 0.1) is 5.82 Å². The molecule has 0 aliphatic carbocycles. The van der Waals surface area contributed by atoms with Crippen molar-refractivity contribution in [2.45, 2.75) is 6.04 Å². The second kappa shape index (κ2) is 4.00. The molecule has 1 unspecified atom stereocenters. The van der Waals surface area contributed by atoms with Gasteiger partial charge in [-0.25, -0.2) is 4.39 Å². The second-order valence-electron chi connectivity index (χ2n) is 3.07. The first-order valence-electron chi connectivity index (χ1n) is 4.29. The van der Waals surface area contributed by atoms with Gasteiger partial charge in [0.2, 0.25) is 0 Å². The number of hydrogen-bond donors (Lipinski definition) is 1. The summed E-state index contributed by atoms with van der Waals surface area (Å²) in [4.78, 5) is 0. The molecule has 1 atom stereocenters. The van der Waals surface area contributed by atoms with Crippen LogP contribution in [0.1, 0.15) is 17.4 Å². The predicted octanol–water partition coefficient (Wildman–Crippen LogP) is 2.52. The van der Waals surface area contributed by atoms with E-state index in [1.54, 1.807) is 12.1 Å². The number of hydrogen-bond acceptors (Lipinski definition) is 3. The summed E-state index contributed by atoms with van der Waals surface area (Å²) in [6.45, 7) is 0. The lowest BCUT2D eigenvalue weighted by atomic mass is 10.1. The van der Waals surface area contributed by atoms with E-state index in [0.717, 1.165) is 0 Å². The summed E-state index contributed by atoms with van der Waals surface area (Å²) < 4.78 is 18.0. The fraction of sp³-hybridized carbons (Fsp3) is 0.100. The van der Waals surface area contributed by atoms with E-state index < -0.39 is 11.9 Å². The lowest BCUT2D eigenvalue weighted by molar-refractivity contribution is 0.372. The number of nitrogens with two attached hydrogens (primary N) is 1. The van der Waals surface area contributed by atoms with E-state index in [1.807, 2.05) is 0 Å². The Hall–Kier alpha value is -1.39. The zero-order valence-electron chi connectivity index (χ0n) is 7.65. The lowest BCUT2D eigenvalue weighted by Gasteiger charge is -2.08. The fourth-order valence-electron chi connectivity index (χ4n) is 1.26. The number of halogens is 2. The van der Waals surface area contributed by atoms with E-state index in [0.29, 0.717) is 11.3 Å². The highest BCUT2D eigenvalue weighted by atomic mass is 35.5. The van der Waals surface area contributed by atoms with Gasteiger partial charge in [0.15, 0.2) is 5.76 Å². The van der Waals surface area contributed by atoms with Crippen molar-refractivity contribution >= 4 is 11.6 Å². The summed E-state index contributed by atoms with van der Waals surface area (Å²) in [7, 11) is 0. The third-order valence-electron chi connectivity index (χ3n) is 2.07. The van der Waals surface area contributed by atoms with Gasteiger partial charge in [-0.2, -0.15) is 0 Å². The molecule has 0 saturated carbocycles. The standard InChI is InChI=1S/C10H8ClFN2O/c11-7-2-1-6(5-8(7)12)10(13)9-3-4-14-15-9/h1-5,10H,13H2. The van der Waals surface area contributed by atoms with Crippen LogP contribution in [0.3, 0.4) is 0 Å². The minimum Gasteiger partial charge on any atom is -0.359 e. The Balaban J connectivity index is 2.34. The zero-order valence-corrected chi connectivity index (χ0v) is 8.41. The molecule has 2 aromatic rings. The maximum absolute atomic E-state index is 13.1. The van der Waals surface area contributed by atoms with Crippen LogP contribution in [-0.2, 0) is 0 Å². The first kappa shape index (κ1) is 10.1. The third-order valence-corrected chi connectivity index (χ3v) is 2.37. The molecule has 0 fully saturated rings. The molecule has 0 aliphatic rings. The van der Waals surface area contributed by atoms with Gasteiger partial charge in [0, 0.05) is 6.07 Å². The number of benzene rings is 1. The molecule has 1 heterocycles. The molecule has 0 bridgehead atoms. The molecule has 78 valence electrons. The Morgan fingerprint density at radius 2 is 2.20 bits per heavy atom. The molecule has 2 N–H and O–H groups in total. The largest absolute Gasteiger partial charge is 0.359 e. The molecule has 3 nitrogen and oxygen atoms in total. The summed E-state index contributed by atoms with van der Waals surface area (Å²) in [6.07, 6.45) is 1.49. The van der Waals surface area contributed by atoms with Crippen molar-refractivity contribution in [3.05, 3.63) is 52.6 Å². The molecule has 0 saturated heterocycles. The van der Waals surface area contributed by atoms with E-state index in [4.69, 9.17) is 21.9 Å². The molecular formula is C10H8ClFN2O. The molecular weight excluding hydrogens is 219 g/mol. The van der Waals surface area contributed by atoms with Gasteiger partial charge < -0.3 is 10.3 Å². The third kappa shape index (κ3) is 2.00. The van der Waals surface area contributed by atoms with Crippen LogP contribution in [0.15, 0.2) is 35.0 Å². The summed E-state index contributed by atoms with van der Waals surface area (Å²) in [5.74, 6) is -0.0131. The summed E-state index contributed by atoms with van der Waals surface area (Å²) in [5.41, 5.74) is 6.43. The van der Waals surface area contributed by atoms with Crippen molar-refractivity contribution in [2.24, 2.45) is 5.73 Å². The number of nitrogens with zero attached hydrogens (tertiary/aromatic N) is 1. The molecule has 0 amide bonds. The zero-order chi connectivity index (χ0) is 10.8. The van der Waals surface area contributed by atoms with Crippen LogP contribution in [0.2, 0.25) is 5.02 Å². The molecule has 1 aromatic heterocycles. The van der Waals surface area contributed by atoms with Crippen molar-refractivity contribution in [2.75, 3.05) is 0 Å². The van der Waals surface area contributed by atoms with Gasteiger partial charge in [-0.15, -0.1) is 0 Å². The Morgan fingerprint density at radius 1 is 1.40 bits per heavy atom. The van der Waals surface area contributed by atoms with Gasteiger partial charge in [-0.1, -0.05) is 22.8 Å². The van der Waals surface area contributed by atoms with E-state index in [2.05, 4.69) is 5.16 Å². The molecule has 15 heavy (non-hydrogen) atoms. The van der Waals surface area contributed by atoms with Crippen molar-refractivity contribution in [1.82, 2.24) is 5.16 Å². The van der Waals surface area contributed by atoms with Crippen LogP contribution in [0.4, 0.5) is 4.39 Å².